The Balaban J connectivity index is 5.07. The van der Waals surface area contributed by atoms with Crippen LogP contribution < -0.4 is 0 Å². The second-order valence-electron chi connectivity index (χ2n) is 3.19. The van der Waals surface area contributed by atoms with Crippen LogP contribution in [0.3, 0.4) is 0 Å². The van der Waals surface area contributed by atoms with Crippen molar-refractivity contribution in [3.63, 3.8) is 0 Å². The third-order valence-corrected chi connectivity index (χ3v) is 8.13. The van der Waals surface area contributed by atoms with E-state index < -0.39 is 11.1 Å². The molecular formula is C8H18Cl3N2P. The van der Waals surface area contributed by atoms with E-state index in [0.717, 1.165) is 13.1 Å². The van der Waals surface area contributed by atoms with Gasteiger partial charge in [0.05, 0.1) is 0 Å². The zero-order valence-corrected chi connectivity index (χ0v) is 12.2. The van der Waals surface area contributed by atoms with Gasteiger partial charge in [-0.15, -0.1) is 0 Å². The van der Waals surface area contributed by atoms with Crippen LogP contribution in [0, 0.1) is 0 Å². The molecule has 14 heavy (non-hydrogen) atoms. The predicted octanol–water partition coefficient (Wildman–Crippen LogP) is 4.77. The van der Waals surface area contributed by atoms with Crippen molar-refractivity contribution < 1.29 is 0 Å². The van der Waals surface area contributed by atoms with Crippen LogP contribution in [0.1, 0.15) is 27.7 Å². The predicted molar refractivity (Wildman–Crippen MR) is 68.8 cm³/mol. The summed E-state index contributed by atoms with van der Waals surface area (Å²) in [6.07, 6.45) is 0. The molecule has 1 atom stereocenters. The van der Waals surface area contributed by atoms with Gasteiger partial charge in [-0.05, 0) is 13.8 Å². The summed E-state index contributed by atoms with van der Waals surface area (Å²) in [5.74, 6) is 0. The highest BCUT2D eigenvalue weighted by molar-refractivity contribution is 7.92. The van der Waals surface area contributed by atoms with Crippen molar-refractivity contribution in [2.45, 2.75) is 38.3 Å². The van der Waals surface area contributed by atoms with Crippen molar-refractivity contribution in [1.82, 2.24) is 4.67 Å². The highest BCUT2D eigenvalue weighted by Gasteiger charge is 2.30. The Bertz CT molecular complexity index is 215. The summed E-state index contributed by atoms with van der Waals surface area (Å²) < 4.78 is 5.92. The lowest BCUT2D eigenvalue weighted by atomic mass is 10.4. The van der Waals surface area contributed by atoms with Crippen molar-refractivity contribution in [2.24, 2.45) is 4.74 Å². The Kier molecular flexibility index (Phi) is 7.10. The van der Waals surface area contributed by atoms with Gasteiger partial charge >= 0.3 is 0 Å². The van der Waals surface area contributed by atoms with Gasteiger partial charge < -0.3 is 0 Å². The van der Waals surface area contributed by atoms with Gasteiger partial charge in [0, 0.05) is 19.1 Å². The Hall–Kier alpha value is 1.06. The maximum atomic E-state index is 6.44. The first-order chi connectivity index (χ1) is 6.38. The molecule has 0 N–H and O–H groups in total. The lowest BCUT2D eigenvalue weighted by Gasteiger charge is -2.31. The van der Waals surface area contributed by atoms with Gasteiger partial charge in [-0.1, -0.05) is 48.3 Å². The number of nitrogens with zero attached hydrogens (tertiary/aromatic N) is 2. The molecule has 6 heteroatoms. The smallest absolute Gasteiger partial charge is 0.167 e. The Morgan fingerprint density at radius 3 is 1.86 bits per heavy atom. The molecule has 0 heterocycles. The molecule has 0 amide bonds. The molecule has 0 aromatic heterocycles. The molecule has 0 saturated carbocycles. The molecule has 0 saturated heterocycles. The average Bonchev–Trinajstić information content (AvgIpc) is 2.04. The molecule has 0 aliphatic rings. The average molecular weight is 280 g/mol. The lowest BCUT2D eigenvalue weighted by Crippen LogP contribution is -2.20. The quantitative estimate of drug-likeness (QED) is 0.523. The third kappa shape index (κ3) is 3.90. The molecule has 2 nitrogen and oxygen atoms in total. The largest absolute Gasteiger partial charge is 0.268 e. The maximum absolute atomic E-state index is 6.44. The van der Waals surface area contributed by atoms with Crippen LogP contribution in [0.5, 0.6) is 0 Å². The van der Waals surface area contributed by atoms with Gasteiger partial charge in [-0.3, -0.25) is 9.42 Å². The molecule has 1 unspecified atom stereocenters. The standard InChI is InChI=1S/C8H18Cl3N2P/c1-5-13(6-2)14(11,8(9)10)12-7(3)4/h7-8H,5-6H2,1-4H3. The summed E-state index contributed by atoms with van der Waals surface area (Å²) in [5, 5.41) is 0. The van der Waals surface area contributed by atoms with Gasteiger partial charge in [0.15, 0.2) is 4.58 Å². The molecule has 0 aromatic rings. The van der Waals surface area contributed by atoms with E-state index >= 15 is 0 Å². The second kappa shape index (κ2) is 6.60. The van der Waals surface area contributed by atoms with E-state index in [1.165, 1.54) is 0 Å². The Morgan fingerprint density at radius 2 is 1.64 bits per heavy atom. The number of hydrogen-bond donors (Lipinski definition) is 0. The molecule has 0 aliphatic carbocycles. The Labute approximate surface area is 102 Å². The summed E-state index contributed by atoms with van der Waals surface area (Å²) in [7, 11) is 0. The molecule has 0 bridgehead atoms. The maximum Gasteiger partial charge on any atom is 0.167 e. The minimum Gasteiger partial charge on any atom is -0.268 e. The van der Waals surface area contributed by atoms with Gasteiger partial charge in [-0.2, -0.15) is 0 Å². The van der Waals surface area contributed by atoms with E-state index in [9.17, 15) is 0 Å². The third-order valence-electron chi connectivity index (χ3n) is 1.77. The van der Waals surface area contributed by atoms with Gasteiger partial charge in [0.2, 0.25) is 0 Å². The first kappa shape index (κ1) is 15.1. The summed E-state index contributed by atoms with van der Waals surface area (Å²) in [6.45, 7) is 7.43. The van der Waals surface area contributed by atoms with E-state index in [-0.39, 0.29) is 6.04 Å². The monoisotopic (exact) mass is 278 g/mol. The number of halogens is 3. The summed E-state index contributed by atoms with van der Waals surface area (Å²) in [6, 6.07) is 0.154. The van der Waals surface area contributed by atoms with E-state index in [2.05, 4.69) is 9.42 Å². The molecule has 0 fully saturated rings. The van der Waals surface area contributed by atoms with E-state index in [4.69, 9.17) is 34.4 Å². The molecule has 86 valence electrons. The highest BCUT2D eigenvalue weighted by atomic mass is 35.7. The zero-order valence-electron chi connectivity index (χ0n) is 9.04. The van der Waals surface area contributed by atoms with E-state index in [1.54, 1.807) is 0 Å². The Morgan fingerprint density at radius 1 is 1.21 bits per heavy atom. The van der Waals surface area contributed by atoms with Gasteiger partial charge in [-0.25, -0.2) is 0 Å². The fourth-order valence-electron chi connectivity index (χ4n) is 1.19. The number of alkyl halides is 2. The minimum atomic E-state index is -2.25. The number of rotatable bonds is 5. The fourth-order valence-corrected chi connectivity index (χ4v) is 5.33. The van der Waals surface area contributed by atoms with Crippen molar-refractivity contribution in [3.05, 3.63) is 0 Å². The normalized spacial score (nSPS) is 16.4. The van der Waals surface area contributed by atoms with E-state index in [1.807, 2.05) is 27.7 Å². The highest BCUT2D eigenvalue weighted by Crippen LogP contribution is 2.65. The van der Waals surface area contributed by atoms with Crippen LogP contribution in [0.15, 0.2) is 4.74 Å². The first-order valence-electron chi connectivity index (χ1n) is 4.72. The number of hydrogen-bond acceptors (Lipinski definition) is 1. The van der Waals surface area contributed by atoms with Crippen molar-refractivity contribution in [1.29, 1.82) is 0 Å². The molecule has 0 rings (SSSR count). The van der Waals surface area contributed by atoms with E-state index in [0.29, 0.717) is 0 Å². The van der Waals surface area contributed by atoms with Crippen molar-refractivity contribution in [3.8, 4) is 0 Å². The van der Waals surface area contributed by atoms with Crippen LogP contribution in [0.25, 0.3) is 0 Å². The summed E-state index contributed by atoms with van der Waals surface area (Å²) >= 11 is 18.3. The van der Waals surface area contributed by atoms with Gasteiger partial charge in [0.1, 0.15) is 6.56 Å². The second-order valence-corrected chi connectivity index (χ2v) is 8.84. The van der Waals surface area contributed by atoms with Crippen LogP contribution in [-0.2, 0) is 0 Å². The molecule has 0 spiro atoms. The zero-order chi connectivity index (χ0) is 11.4. The molecular weight excluding hydrogens is 261 g/mol. The van der Waals surface area contributed by atoms with Crippen LogP contribution in [0.4, 0.5) is 0 Å². The van der Waals surface area contributed by atoms with Crippen molar-refractivity contribution >= 4 is 41.0 Å². The minimum absolute atomic E-state index is 0.154. The molecule has 0 radical (unpaired) electrons. The summed E-state index contributed by atoms with van der Waals surface area (Å²) in [4.78, 5) is 0. The van der Waals surface area contributed by atoms with Crippen molar-refractivity contribution in [2.75, 3.05) is 13.1 Å². The fraction of sp³-hybridized carbons (Fsp3) is 1.00. The molecule has 0 aromatic carbocycles. The van der Waals surface area contributed by atoms with Crippen LogP contribution in [0.2, 0.25) is 0 Å². The molecule has 0 aliphatic heterocycles. The van der Waals surface area contributed by atoms with Crippen LogP contribution >= 0.6 is 41.0 Å². The first-order valence-corrected chi connectivity index (χ1v) is 8.26. The van der Waals surface area contributed by atoms with Crippen LogP contribution in [-0.4, -0.2) is 28.4 Å². The topological polar surface area (TPSA) is 15.6 Å². The summed E-state index contributed by atoms with van der Waals surface area (Å²) in [5.41, 5.74) is 0. The SMILES string of the molecule is CCN(CC)P(Cl)(=NC(C)C)C(Cl)Cl. The van der Waals surface area contributed by atoms with Gasteiger partial charge in [0.25, 0.3) is 0 Å². The lowest BCUT2D eigenvalue weighted by molar-refractivity contribution is 0.505.